The van der Waals surface area contributed by atoms with Crippen molar-refractivity contribution in [2.45, 2.75) is 12.8 Å². The number of piperidine rings is 1. The van der Waals surface area contributed by atoms with Gasteiger partial charge in [-0.3, -0.25) is 10.1 Å². The zero-order valence-electron chi connectivity index (χ0n) is 11.2. The molecule has 0 radical (unpaired) electrons. The number of hydrogen-bond donors (Lipinski definition) is 0. The predicted octanol–water partition coefficient (Wildman–Crippen LogP) is 4.01. The molecule has 0 spiro atoms. The molecule has 108 valence electrons. The molecule has 3 aliphatic rings. The highest BCUT2D eigenvalue weighted by molar-refractivity contribution is 14.1. The number of hydrogen-bond acceptors (Lipinski definition) is 4. The van der Waals surface area contributed by atoms with Gasteiger partial charge in [-0.05, 0) is 41.4 Å². The largest absolute Gasteiger partial charge is 0.463 e. The van der Waals surface area contributed by atoms with Crippen molar-refractivity contribution in [2.75, 3.05) is 13.1 Å². The number of nitro benzene ring substituents is 1. The zero-order valence-corrected chi connectivity index (χ0v) is 13.4. The molecule has 2 bridgehead atoms. The third-order valence-corrected chi connectivity index (χ3v) is 5.25. The van der Waals surface area contributed by atoms with Crippen molar-refractivity contribution >= 4 is 44.6 Å². The molecule has 0 aliphatic carbocycles. The summed E-state index contributed by atoms with van der Waals surface area (Å²) in [5, 5.41) is 12.8. The van der Waals surface area contributed by atoms with E-state index in [0.717, 1.165) is 46.0 Å². The first-order valence-electron chi connectivity index (χ1n) is 6.95. The molecule has 0 saturated carbocycles. The van der Waals surface area contributed by atoms with Gasteiger partial charge in [-0.15, -0.1) is 0 Å². The van der Waals surface area contributed by atoms with E-state index in [1.165, 1.54) is 5.57 Å². The number of allylic oxidation sites excluding steroid dienone is 1. The SMILES string of the molecule is O=[N+]([O-])c1cc(I)c2c(C3=CN4CCC3CC4)occ2c1. The third-order valence-electron chi connectivity index (χ3n) is 4.40. The summed E-state index contributed by atoms with van der Waals surface area (Å²) in [7, 11) is 0. The highest BCUT2D eigenvalue weighted by Gasteiger charge is 2.31. The second kappa shape index (κ2) is 4.72. The Morgan fingerprint density at radius 1 is 1.33 bits per heavy atom. The maximum atomic E-state index is 11.0. The first kappa shape index (κ1) is 13.1. The Labute approximate surface area is 134 Å². The molecule has 1 fully saturated rings. The fourth-order valence-corrected chi connectivity index (χ4v) is 4.21. The third kappa shape index (κ3) is 2.04. The molecule has 1 saturated heterocycles. The predicted molar refractivity (Wildman–Crippen MR) is 87.9 cm³/mol. The van der Waals surface area contributed by atoms with Crippen molar-refractivity contribution in [3.05, 3.63) is 44.0 Å². The van der Waals surface area contributed by atoms with Crippen LogP contribution in [0.5, 0.6) is 0 Å². The van der Waals surface area contributed by atoms with Crippen molar-refractivity contribution in [1.29, 1.82) is 0 Å². The Morgan fingerprint density at radius 3 is 2.71 bits per heavy atom. The van der Waals surface area contributed by atoms with Gasteiger partial charge in [0.15, 0.2) is 0 Å². The highest BCUT2D eigenvalue weighted by Crippen LogP contribution is 2.42. The van der Waals surface area contributed by atoms with Crippen molar-refractivity contribution in [1.82, 2.24) is 4.90 Å². The van der Waals surface area contributed by atoms with E-state index in [0.29, 0.717) is 5.92 Å². The molecule has 0 atom stereocenters. The number of furan rings is 1. The summed E-state index contributed by atoms with van der Waals surface area (Å²) in [5.74, 6) is 1.44. The Kier molecular flexibility index (Phi) is 2.95. The van der Waals surface area contributed by atoms with Crippen LogP contribution in [0.2, 0.25) is 0 Å². The van der Waals surface area contributed by atoms with Crippen molar-refractivity contribution in [2.24, 2.45) is 5.92 Å². The molecular formula is C15H13IN2O3. The lowest BCUT2D eigenvalue weighted by Crippen LogP contribution is -2.35. The minimum atomic E-state index is -0.359. The van der Waals surface area contributed by atoms with Crippen LogP contribution in [0.25, 0.3) is 16.3 Å². The minimum Gasteiger partial charge on any atom is -0.463 e. The van der Waals surface area contributed by atoms with Gasteiger partial charge in [0.2, 0.25) is 0 Å². The summed E-state index contributed by atoms with van der Waals surface area (Å²) in [5.41, 5.74) is 1.36. The Hall–Kier alpha value is -1.57. The minimum absolute atomic E-state index is 0.113. The van der Waals surface area contributed by atoms with E-state index in [1.54, 1.807) is 18.4 Å². The maximum Gasteiger partial charge on any atom is 0.271 e. The van der Waals surface area contributed by atoms with Crippen LogP contribution in [0.3, 0.4) is 0 Å². The summed E-state index contributed by atoms with van der Waals surface area (Å²) in [4.78, 5) is 12.9. The van der Waals surface area contributed by atoms with Gasteiger partial charge in [0, 0.05) is 51.3 Å². The van der Waals surface area contributed by atoms with Gasteiger partial charge >= 0.3 is 0 Å². The number of nitro groups is 1. The highest BCUT2D eigenvalue weighted by atomic mass is 127. The normalized spacial score (nSPS) is 18.3. The van der Waals surface area contributed by atoms with Gasteiger partial charge in [-0.25, -0.2) is 0 Å². The van der Waals surface area contributed by atoms with E-state index in [9.17, 15) is 10.1 Å². The molecule has 1 aromatic heterocycles. The molecular weight excluding hydrogens is 383 g/mol. The Balaban J connectivity index is 1.89. The topological polar surface area (TPSA) is 59.5 Å². The second-order valence-corrected chi connectivity index (χ2v) is 6.77. The lowest BCUT2D eigenvalue weighted by Gasteiger charge is -2.38. The molecule has 6 heteroatoms. The second-order valence-electron chi connectivity index (χ2n) is 5.61. The molecule has 0 unspecified atom stereocenters. The van der Waals surface area contributed by atoms with Crippen LogP contribution in [0.4, 0.5) is 5.69 Å². The smallest absolute Gasteiger partial charge is 0.271 e. The van der Waals surface area contributed by atoms with E-state index in [4.69, 9.17) is 4.42 Å². The summed E-state index contributed by atoms with van der Waals surface area (Å²) in [6.45, 7) is 2.24. The van der Waals surface area contributed by atoms with Gasteiger partial charge in [0.1, 0.15) is 5.76 Å². The standard InChI is InChI=1S/C15H13IN2O3/c16-13-6-11(18(19)20)5-10-8-21-15(14(10)13)12-7-17-3-1-9(12)2-4-17/h5-9H,1-4H2. The van der Waals surface area contributed by atoms with Crippen LogP contribution in [-0.2, 0) is 0 Å². The van der Waals surface area contributed by atoms with E-state index in [2.05, 4.69) is 33.7 Å². The van der Waals surface area contributed by atoms with E-state index >= 15 is 0 Å². The summed E-state index contributed by atoms with van der Waals surface area (Å²) < 4.78 is 6.67. The number of non-ortho nitro benzene ring substituents is 1. The molecule has 5 nitrogen and oxygen atoms in total. The fraction of sp³-hybridized carbons (Fsp3) is 0.333. The maximum absolute atomic E-state index is 11.0. The van der Waals surface area contributed by atoms with Crippen molar-refractivity contribution in [3.63, 3.8) is 0 Å². The average molecular weight is 396 g/mol. The molecule has 1 aromatic carbocycles. The van der Waals surface area contributed by atoms with Gasteiger partial charge in [-0.2, -0.15) is 0 Å². The number of fused-ring (bicyclic) bond motifs is 3. The fourth-order valence-electron chi connectivity index (χ4n) is 3.33. The molecule has 2 aromatic rings. The summed E-state index contributed by atoms with van der Waals surface area (Å²) in [6, 6.07) is 3.20. The molecule has 5 rings (SSSR count). The average Bonchev–Trinajstić information content (AvgIpc) is 2.92. The quantitative estimate of drug-likeness (QED) is 0.437. The lowest BCUT2D eigenvalue weighted by molar-refractivity contribution is -0.384. The van der Waals surface area contributed by atoms with E-state index in [-0.39, 0.29) is 10.6 Å². The number of rotatable bonds is 2. The Morgan fingerprint density at radius 2 is 2.10 bits per heavy atom. The van der Waals surface area contributed by atoms with Crippen molar-refractivity contribution in [3.8, 4) is 0 Å². The number of benzene rings is 1. The lowest BCUT2D eigenvalue weighted by atomic mass is 9.84. The zero-order chi connectivity index (χ0) is 14.6. The van der Waals surface area contributed by atoms with Crippen LogP contribution in [-0.4, -0.2) is 22.9 Å². The molecule has 3 aliphatic heterocycles. The summed E-state index contributed by atoms with van der Waals surface area (Å²) in [6.07, 6.45) is 6.17. The van der Waals surface area contributed by atoms with Crippen LogP contribution in [0.15, 0.2) is 29.0 Å². The van der Waals surface area contributed by atoms with Crippen LogP contribution < -0.4 is 0 Å². The van der Waals surface area contributed by atoms with Gasteiger partial charge in [0.05, 0.1) is 11.2 Å². The molecule has 0 amide bonds. The van der Waals surface area contributed by atoms with Crippen LogP contribution in [0, 0.1) is 19.6 Å². The van der Waals surface area contributed by atoms with Gasteiger partial charge in [0.25, 0.3) is 5.69 Å². The number of halogens is 1. The Bertz CT molecular complexity index is 773. The van der Waals surface area contributed by atoms with E-state index in [1.807, 2.05) is 0 Å². The molecule has 21 heavy (non-hydrogen) atoms. The number of nitrogens with zero attached hydrogens (tertiary/aromatic N) is 2. The monoisotopic (exact) mass is 396 g/mol. The van der Waals surface area contributed by atoms with Gasteiger partial charge in [-0.1, -0.05) is 0 Å². The molecule has 4 heterocycles. The van der Waals surface area contributed by atoms with Crippen LogP contribution in [0.1, 0.15) is 18.6 Å². The van der Waals surface area contributed by atoms with Gasteiger partial charge < -0.3 is 9.32 Å². The summed E-state index contributed by atoms with van der Waals surface area (Å²) >= 11 is 2.16. The van der Waals surface area contributed by atoms with Crippen LogP contribution >= 0.6 is 22.6 Å². The van der Waals surface area contributed by atoms with E-state index < -0.39 is 0 Å². The molecule has 0 N–H and O–H groups in total. The van der Waals surface area contributed by atoms with Crippen molar-refractivity contribution < 1.29 is 9.34 Å². The first-order valence-corrected chi connectivity index (χ1v) is 8.02. The first-order chi connectivity index (χ1) is 10.1.